The van der Waals surface area contributed by atoms with E-state index in [1.165, 1.54) is 9.15 Å². The summed E-state index contributed by atoms with van der Waals surface area (Å²) in [7, 11) is 0. The maximum absolute atomic E-state index is 5.65. The van der Waals surface area contributed by atoms with Gasteiger partial charge in [0.2, 0.25) is 0 Å². The van der Waals surface area contributed by atoms with Crippen molar-refractivity contribution < 1.29 is 4.74 Å². The molecule has 2 aliphatic rings. The lowest BCUT2D eigenvalue weighted by Crippen LogP contribution is -2.28. The number of allylic oxidation sites excluding steroid dienone is 5. The van der Waals surface area contributed by atoms with Crippen LogP contribution in [0.15, 0.2) is 33.3 Å². The fraction of sp³-hybridized carbons (Fsp3) is 0.455. The van der Waals surface area contributed by atoms with Crippen LogP contribution < -0.4 is 5.32 Å². The van der Waals surface area contributed by atoms with Gasteiger partial charge in [-0.3, -0.25) is 0 Å². The summed E-state index contributed by atoms with van der Waals surface area (Å²) in [6, 6.07) is 0.454. The minimum atomic E-state index is 0.454. The summed E-state index contributed by atoms with van der Waals surface area (Å²) < 4.78 is 6.90. The van der Waals surface area contributed by atoms with Gasteiger partial charge < -0.3 is 10.1 Å². The summed E-state index contributed by atoms with van der Waals surface area (Å²) in [6.07, 6.45) is 6.24. The molecule has 1 aliphatic carbocycles. The van der Waals surface area contributed by atoms with E-state index in [4.69, 9.17) is 4.74 Å². The molecule has 0 spiro atoms. The number of nitrogens with one attached hydrogen (secondary N) is 1. The van der Waals surface area contributed by atoms with Crippen molar-refractivity contribution >= 4 is 22.6 Å². The molecule has 1 N–H and O–H groups in total. The van der Waals surface area contributed by atoms with E-state index in [0.717, 1.165) is 12.5 Å². The van der Waals surface area contributed by atoms with Crippen LogP contribution in [0.25, 0.3) is 0 Å². The molecule has 1 fully saturated rings. The van der Waals surface area contributed by atoms with Crippen molar-refractivity contribution in [3.8, 4) is 0 Å². The summed E-state index contributed by atoms with van der Waals surface area (Å²) in [5, 5.41) is 3.42. The molecule has 0 unspecified atom stereocenters. The Hall–Kier alpha value is -0.450. The SMILES string of the molecule is CC(C)[C@H]1CO/C(=C2\C=CC=C2I)N1. The molecule has 3 heteroatoms. The third-order valence-electron chi connectivity index (χ3n) is 2.54. The molecule has 1 saturated heterocycles. The van der Waals surface area contributed by atoms with Crippen molar-refractivity contribution in [1.29, 1.82) is 0 Å². The highest BCUT2D eigenvalue weighted by Crippen LogP contribution is 2.29. The molecule has 0 aromatic carbocycles. The normalized spacial score (nSPS) is 30.6. The van der Waals surface area contributed by atoms with E-state index in [0.29, 0.717) is 12.0 Å². The molecule has 2 nitrogen and oxygen atoms in total. The second-order valence-corrected chi connectivity index (χ2v) is 5.08. The fourth-order valence-electron chi connectivity index (χ4n) is 1.52. The van der Waals surface area contributed by atoms with Gasteiger partial charge in [-0.15, -0.1) is 0 Å². The quantitative estimate of drug-likeness (QED) is 0.752. The number of hydrogen-bond donors (Lipinski definition) is 1. The molecule has 0 aromatic rings. The van der Waals surface area contributed by atoms with Crippen molar-refractivity contribution in [3.05, 3.63) is 33.3 Å². The molecule has 0 saturated carbocycles. The predicted molar refractivity (Wildman–Crippen MR) is 66.0 cm³/mol. The van der Waals surface area contributed by atoms with Gasteiger partial charge in [0.15, 0.2) is 5.88 Å². The van der Waals surface area contributed by atoms with Gasteiger partial charge in [0, 0.05) is 9.15 Å². The molecular formula is C11H14INO. The minimum absolute atomic E-state index is 0.454. The monoisotopic (exact) mass is 303 g/mol. The lowest BCUT2D eigenvalue weighted by atomic mass is 10.1. The van der Waals surface area contributed by atoms with Crippen LogP contribution in [0.5, 0.6) is 0 Å². The standard InChI is InChI=1S/C11H14INO/c1-7(2)10-6-14-11(13-10)8-4-3-5-9(8)12/h3-5,7,10,13H,6H2,1-2H3/b11-8+/t10-/m1/s1. The van der Waals surface area contributed by atoms with Gasteiger partial charge in [0.05, 0.1) is 6.04 Å². The van der Waals surface area contributed by atoms with E-state index in [1.54, 1.807) is 0 Å². The zero-order chi connectivity index (χ0) is 10.1. The highest BCUT2D eigenvalue weighted by atomic mass is 127. The molecule has 0 aromatic heterocycles. The first-order chi connectivity index (χ1) is 6.68. The highest BCUT2D eigenvalue weighted by Gasteiger charge is 2.25. The van der Waals surface area contributed by atoms with Gasteiger partial charge >= 0.3 is 0 Å². The molecule has 1 aliphatic heterocycles. The zero-order valence-electron chi connectivity index (χ0n) is 8.38. The molecule has 76 valence electrons. The minimum Gasteiger partial charge on any atom is -0.477 e. The van der Waals surface area contributed by atoms with Gasteiger partial charge in [-0.05, 0) is 40.7 Å². The summed E-state index contributed by atoms with van der Waals surface area (Å²) in [6.45, 7) is 5.20. The first-order valence-corrected chi connectivity index (χ1v) is 5.94. The van der Waals surface area contributed by atoms with Crippen LogP contribution in [0, 0.1) is 5.92 Å². The van der Waals surface area contributed by atoms with Crippen LogP contribution in [0.1, 0.15) is 13.8 Å². The number of halogens is 1. The average molecular weight is 303 g/mol. The second kappa shape index (κ2) is 3.96. The lowest BCUT2D eigenvalue weighted by molar-refractivity contribution is 0.243. The Kier molecular flexibility index (Phi) is 2.85. The van der Waals surface area contributed by atoms with E-state index < -0.39 is 0 Å². The van der Waals surface area contributed by atoms with Gasteiger partial charge in [0.1, 0.15) is 6.61 Å². The number of rotatable bonds is 1. The fourth-order valence-corrected chi connectivity index (χ4v) is 2.15. The van der Waals surface area contributed by atoms with Gasteiger partial charge in [-0.1, -0.05) is 19.9 Å². The van der Waals surface area contributed by atoms with Gasteiger partial charge in [-0.25, -0.2) is 0 Å². The van der Waals surface area contributed by atoms with Crippen molar-refractivity contribution in [1.82, 2.24) is 5.32 Å². The Morgan fingerprint density at radius 3 is 2.86 bits per heavy atom. The summed E-state index contributed by atoms with van der Waals surface area (Å²) >= 11 is 2.33. The van der Waals surface area contributed by atoms with Crippen LogP contribution in [0.4, 0.5) is 0 Å². The van der Waals surface area contributed by atoms with Crippen molar-refractivity contribution in [2.24, 2.45) is 5.92 Å². The molecule has 14 heavy (non-hydrogen) atoms. The van der Waals surface area contributed by atoms with Gasteiger partial charge in [0.25, 0.3) is 0 Å². The van der Waals surface area contributed by atoms with Crippen LogP contribution in [-0.2, 0) is 4.74 Å². The average Bonchev–Trinajstić information content (AvgIpc) is 2.71. The zero-order valence-corrected chi connectivity index (χ0v) is 10.5. The van der Waals surface area contributed by atoms with E-state index in [2.05, 4.69) is 60.0 Å². The van der Waals surface area contributed by atoms with Crippen molar-refractivity contribution in [2.75, 3.05) is 6.61 Å². The largest absolute Gasteiger partial charge is 0.477 e. The molecule has 0 bridgehead atoms. The van der Waals surface area contributed by atoms with Gasteiger partial charge in [-0.2, -0.15) is 0 Å². The Morgan fingerprint density at radius 2 is 2.36 bits per heavy atom. The summed E-state index contributed by atoms with van der Waals surface area (Å²) in [5.41, 5.74) is 1.19. The van der Waals surface area contributed by atoms with Crippen LogP contribution in [0.3, 0.4) is 0 Å². The first-order valence-electron chi connectivity index (χ1n) is 4.86. The highest BCUT2D eigenvalue weighted by molar-refractivity contribution is 14.1. The van der Waals surface area contributed by atoms with E-state index in [-0.39, 0.29) is 0 Å². The Morgan fingerprint density at radius 1 is 1.57 bits per heavy atom. The molecule has 2 rings (SSSR count). The van der Waals surface area contributed by atoms with E-state index >= 15 is 0 Å². The molecular weight excluding hydrogens is 289 g/mol. The number of hydrogen-bond acceptors (Lipinski definition) is 2. The molecule has 0 radical (unpaired) electrons. The molecule has 1 heterocycles. The third kappa shape index (κ3) is 1.82. The Balaban J connectivity index is 2.15. The van der Waals surface area contributed by atoms with Crippen LogP contribution in [-0.4, -0.2) is 12.6 Å². The molecule has 1 atom stereocenters. The third-order valence-corrected chi connectivity index (χ3v) is 3.48. The van der Waals surface area contributed by atoms with E-state index in [9.17, 15) is 0 Å². The Labute approximate surface area is 98.2 Å². The van der Waals surface area contributed by atoms with Crippen LogP contribution >= 0.6 is 22.6 Å². The smallest absolute Gasteiger partial charge is 0.195 e. The second-order valence-electron chi connectivity index (χ2n) is 3.92. The van der Waals surface area contributed by atoms with Crippen molar-refractivity contribution in [2.45, 2.75) is 19.9 Å². The Bertz CT molecular complexity index is 328. The predicted octanol–water partition coefficient (Wildman–Crippen LogP) is 2.73. The first kappa shape index (κ1) is 10.1. The topological polar surface area (TPSA) is 21.3 Å². The lowest BCUT2D eigenvalue weighted by Gasteiger charge is -2.11. The maximum Gasteiger partial charge on any atom is 0.195 e. The van der Waals surface area contributed by atoms with E-state index in [1.807, 2.05) is 0 Å². The van der Waals surface area contributed by atoms with Crippen LogP contribution in [0.2, 0.25) is 0 Å². The molecule has 0 amide bonds. The summed E-state index contributed by atoms with van der Waals surface area (Å²) in [5.74, 6) is 1.55. The summed E-state index contributed by atoms with van der Waals surface area (Å²) in [4.78, 5) is 0. The maximum atomic E-state index is 5.65. The van der Waals surface area contributed by atoms with Crippen molar-refractivity contribution in [3.63, 3.8) is 0 Å². The number of ether oxygens (including phenoxy) is 1.